The summed E-state index contributed by atoms with van der Waals surface area (Å²) in [4.78, 5) is 16.7. The van der Waals surface area contributed by atoms with Crippen LogP contribution < -0.4 is 16.9 Å². The van der Waals surface area contributed by atoms with Crippen molar-refractivity contribution in [2.75, 3.05) is 11.5 Å². The summed E-state index contributed by atoms with van der Waals surface area (Å²) in [6, 6.07) is 4.04. The number of carbonyl (C=O) groups is 1. The molecule has 0 aliphatic rings. The number of anilines is 2. The third-order valence-corrected chi connectivity index (χ3v) is 3.84. The third-order valence-electron chi connectivity index (χ3n) is 3.04. The molecule has 0 aliphatic heterocycles. The monoisotopic (exact) mass is 351 g/mol. The van der Waals surface area contributed by atoms with Gasteiger partial charge in [0, 0.05) is 5.56 Å². The van der Waals surface area contributed by atoms with Gasteiger partial charge in [0.2, 0.25) is 5.78 Å². The van der Waals surface area contributed by atoms with Crippen molar-refractivity contribution in [2.24, 2.45) is 0 Å². The number of nitrogens with two attached hydrogens (primary N) is 3. The van der Waals surface area contributed by atoms with Crippen molar-refractivity contribution in [3.8, 4) is 0 Å². The molecule has 0 saturated carbocycles. The maximum absolute atomic E-state index is 13.4. The zero-order chi connectivity index (χ0) is 15.7. The molecule has 0 amide bonds. The maximum atomic E-state index is 13.4. The van der Waals surface area contributed by atoms with Crippen LogP contribution >= 0.6 is 15.9 Å². The number of ketones is 1. The Balaban J connectivity index is 2.63. The van der Waals surface area contributed by atoms with E-state index in [1.807, 2.05) is 0 Å². The van der Waals surface area contributed by atoms with Crippen LogP contribution in [0.5, 0.6) is 0 Å². The average Bonchev–Trinajstić information content (AvgIpc) is 2.45. The molecule has 6 N–H and O–H groups in total. The van der Waals surface area contributed by atoms with Crippen LogP contribution in [0.2, 0.25) is 0 Å². The molecule has 0 atom stereocenters. The minimum absolute atomic E-state index is 0.0570. The SMILES string of the molecule is Cc1cc(N)c(C(=O)c2ccc(F)c(N)c2C=[NH2+])nc1Br. The van der Waals surface area contributed by atoms with Gasteiger partial charge in [-0.1, -0.05) is 0 Å². The normalized spacial score (nSPS) is 10.4. The summed E-state index contributed by atoms with van der Waals surface area (Å²) in [6.07, 6.45) is 1.09. The minimum atomic E-state index is -0.644. The lowest BCUT2D eigenvalue weighted by Crippen LogP contribution is -2.31. The predicted molar refractivity (Wildman–Crippen MR) is 82.4 cm³/mol. The number of aromatic nitrogens is 1. The number of hydrogen-bond acceptors (Lipinski definition) is 4. The van der Waals surface area contributed by atoms with Gasteiger partial charge < -0.3 is 11.5 Å². The lowest BCUT2D eigenvalue weighted by atomic mass is 9.99. The van der Waals surface area contributed by atoms with E-state index >= 15 is 0 Å². The van der Waals surface area contributed by atoms with E-state index < -0.39 is 11.6 Å². The molecular weight excluding hydrogens is 339 g/mol. The quantitative estimate of drug-likeness (QED) is 0.330. The number of aryl methyl sites for hydroxylation is 1. The van der Waals surface area contributed by atoms with Gasteiger partial charge in [-0.2, -0.15) is 0 Å². The van der Waals surface area contributed by atoms with E-state index in [9.17, 15) is 9.18 Å². The van der Waals surface area contributed by atoms with Gasteiger partial charge in [0.25, 0.3) is 0 Å². The molecule has 1 aromatic carbocycles. The highest BCUT2D eigenvalue weighted by molar-refractivity contribution is 9.10. The third kappa shape index (κ3) is 2.64. The van der Waals surface area contributed by atoms with Gasteiger partial charge in [-0.3, -0.25) is 10.2 Å². The summed E-state index contributed by atoms with van der Waals surface area (Å²) in [7, 11) is 0. The summed E-state index contributed by atoms with van der Waals surface area (Å²) in [6.45, 7) is 1.80. The zero-order valence-electron chi connectivity index (χ0n) is 11.2. The van der Waals surface area contributed by atoms with Crippen molar-refractivity contribution >= 4 is 39.3 Å². The first kappa shape index (κ1) is 15.1. The van der Waals surface area contributed by atoms with Gasteiger partial charge in [0.1, 0.15) is 16.1 Å². The van der Waals surface area contributed by atoms with Crippen LogP contribution in [-0.2, 0) is 0 Å². The van der Waals surface area contributed by atoms with Crippen molar-refractivity contribution < 1.29 is 14.6 Å². The highest BCUT2D eigenvalue weighted by Gasteiger charge is 2.22. The van der Waals surface area contributed by atoms with Gasteiger partial charge >= 0.3 is 0 Å². The number of hydrogen-bond donors (Lipinski definition) is 3. The molecular formula is C14H13BrFN4O+. The standard InChI is InChI=1S/C14H12BrFN4O/c1-6-4-10(18)12(20-14(6)15)13(21)7-2-3-9(16)11(19)8(7)5-17/h2-5,17H,18-19H2,1H3/p+1. The molecule has 0 bridgehead atoms. The van der Waals surface area contributed by atoms with Crippen LogP contribution in [0.15, 0.2) is 22.8 Å². The first-order valence-electron chi connectivity index (χ1n) is 5.97. The Bertz CT molecular complexity index is 761. The lowest BCUT2D eigenvalue weighted by Gasteiger charge is -2.09. The smallest absolute Gasteiger partial charge is 0.214 e. The summed E-state index contributed by atoms with van der Waals surface area (Å²) < 4.78 is 14.0. The molecule has 21 heavy (non-hydrogen) atoms. The number of rotatable bonds is 3. The number of nitrogens with zero attached hydrogens (tertiary/aromatic N) is 1. The number of benzene rings is 1. The fourth-order valence-corrected chi connectivity index (χ4v) is 2.20. The van der Waals surface area contributed by atoms with E-state index in [2.05, 4.69) is 20.9 Å². The van der Waals surface area contributed by atoms with Crippen LogP contribution in [-0.4, -0.2) is 17.0 Å². The molecule has 0 aliphatic carbocycles. The maximum Gasteiger partial charge on any atom is 0.214 e. The van der Waals surface area contributed by atoms with E-state index in [1.54, 1.807) is 13.0 Å². The molecule has 1 aromatic heterocycles. The highest BCUT2D eigenvalue weighted by Crippen LogP contribution is 2.25. The number of pyridine rings is 1. The molecule has 2 aromatic rings. The molecule has 0 spiro atoms. The fraction of sp³-hybridized carbons (Fsp3) is 0.0714. The lowest BCUT2D eigenvalue weighted by molar-refractivity contribution is -0.104. The average molecular weight is 352 g/mol. The molecule has 0 radical (unpaired) electrons. The second-order valence-corrected chi connectivity index (χ2v) is 5.20. The van der Waals surface area contributed by atoms with Crippen LogP contribution in [0.3, 0.4) is 0 Å². The molecule has 0 unspecified atom stereocenters. The largest absolute Gasteiger partial charge is 0.397 e. The Morgan fingerprint density at radius 2 is 2.10 bits per heavy atom. The zero-order valence-corrected chi connectivity index (χ0v) is 12.7. The second kappa shape index (κ2) is 5.61. The fourth-order valence-electron chi connectivity index (χ4n) is 1.91. The Kier molecular flexibility index (Phi) is 4.04. The first-order chi connectivity index (χ1) is 9.86. The number of nitrogen functional groups attached to an aromatic ring is 2. The van der Waals surface area contributed by atoms with Crippen molar-refractivity contribution in [2.45, 2.75) is 6.92 Å². The first-order valence-corrected chi connectivity index (χ1v) is 6.76. The Hall–Kier alpha value is -2.28. The molecule has 7 heteroatoms. The molecule has 2 rings (SSSR count). The van der Waals surface area contributed by atoms with Crippen molar-refractivity contribution in [1.82, 2.24) is 4.98 Å². The van der Waals surface area contributed by atoms with Gasteiger partial charge in [-0.15, -0.1) is 0 Å². The van der Waals surface area contributed by atoms with E-state index in [0.717, 1.165) is 17.8 Å². The Morgan fingerprint density at radius 1 is 1.43 bits per heavy atom. The van der Waals surface area contributed by atoms with Gasteiger partial charge in [-0.05, 0) is 46.6 Å². The molecule has 1 heterocycles. The number of carbonyl (C=O) groups excluding carboxylic acids is 1. The topological polar surface area (TPSA) is 108 Å². The Labute approximate surface area is 128 Å². The van der Waals surface area contributed by atoms with Gasteiger partial charge in [-0.25, -0.2) is 9.37 Å². The van der Waals surface area contributed by atoms with E-state index in [-0.39, 0.29) is 28.2 Å². The van der Waals surface area contributed by atoms with Crippen molar-refractivity contribution in [3.05, 3.63) is 51.0 Å². The summed E-state index contributed by atoms with van der Waals surface area (Å²) in [5.74, 6) is -1.12. The molecule has 0 fully saturated rings. The summed E-state index contributed by atoms with van der Waals surface area (Å²) in [5.41, 5.74) is 12.6. The van der Waals surface area contributed by atoms with Crippen LogP contribution in [0.1, 0.15) is 27.2 Å². The van der Waals surface area contributed by atoms with E-state index in [0.29, 0.717) is 4.60 Å². The second-order valence-electron chi connectivity index (χ2n) is 4.45. The summed E-state index contributed by atoms with van der Waals surface area (Å²) in [5, 5.41) is 5.44. The van der Waals surface area contributed by atoms with Crippen LogP contribution in [0, 0.1) is 12.7 Å². The van der Waals surface area contributed by atoms with Gasteiger partial charge in [0.15, 0.2) is 6.21 Å². The molecule has 5 nitrogen and oxygen atoms in total. The van der Waals surface area contributed by atoms with Crippen molar-refractivity contribution in [3.63, 3.8) is 0 Å². The molecule has 0 saturated heterocycles. The molecule has 108 valence electrons. The predicted octanol–water partition coefficient (Wildman–Crippen LogP) is 0.865. The minimum Gasteiger partial charge on any atom is -0.397 e. The number of halogens is 2. The van der Waals surface area contributed by atoms with E-state index in [4.69, 9.17) is 16.9 Å². The highest BCUT2D eigenvalue weighted by atomic mass is 79.9. The van der Waals surface area contributed by atoms with Crippen LogP contribution in [0.25, 0.3) is 0 Å². The summed E-state index contributed by atoms with van der Waals surface area (Å²) >= 11 is 3.25. The van der Waals surface area contributed by atoms with E-state index in [1.165, 1.54) is 6.07 Å². The Morgan fingerprint density at radius 3 is 2.71 bits per heavy atom. The van der Waals surface area contributed by atoms with Gasteiger partial charge in [0.05, 0.1) is 16.9 Å². The van der Waals surface area contributed by atoms with Crippen LogP contribution in [0.4, 0.5) is 15.8 Å². The van der Waals surface area contributed by atoms with Crippen molar-refractivity contribution in [1.29, 1.82) is 0 Å².